The predicted molar refractivity (Wildman–Crippen MR) is 61.6 cm³/mol. The van der Waals surface area contributed by atoms with Crippen molar-refractivity contribution in [2.45, 2.75) is 19.8 Å². The number of hydrogen-bond acceptors (Lipinski definition) is 5. The zero-order valence-corrected chi connectivity index (χ0v) is 9.45. The molecule has 2 aromatic heterocycles. The number of nitrogens with zero attached hydrogens (tertiary/aromatic N) is 3. The summed E-state index contributed by atoms with van der Waals surface area (Å²) in [7, 11) is 0. The van der Waals surface area contributed by atoms with E-state index in [-0.39, 0.29) is 0 Å². The molecule has 0 aliphatic heterocycles. The first-order valence-electron chi connectivity index (χ1n) is 4.72. The highest BCUT2D eigenvalue weighted by Gasteiger charge is 2.06. The van der Waals surface area contributed by atoms with E-state index in [1.54, 1.807) is 0 Å². The lowest BCUT2D eigenvalue weighted by molar-refractivity contribution is 0.859. The largest absolute Gasteiger partial charge is 0.367 e. The Bertz CT molecular complexity index is 447. The van der Waals surface area contributed by atoms with E-state index in [4.69, 9.17) is 5.73 Å². The topological polar surface area (TPSA) is 64.7 Å². The summed E-state index contributed by atoms with van der Waals surface area (Å²) in [5, 5.41) is 0.766. The summed E-state index contributed by atoms with van der Waals surface area (Å²) in [6.45, 7) is 4.28. The van der Waals surface area contributed by atoms with Crippen LogP contribution in [-0.4, -0.2) is 14.3 Å². The third-order valence-electron chi connectivity index (χ3n) is 2.11. The van der Waals surface area contributed by atoms with Crippen LogP contribution in [-0.2, 0) is 0 Å². The number of pyridine rings is 1. The van der Waals surface area contributed by atoms with Crippen molar-refractivity contribution in [3.8, 4) is 10.7 Å². The molecule has 2 aromatic rings. The SMILES string of the molecule is CC(C)c1ccc(-c2nc(N)ns2)nc1. The van der Waals surface area contributed by atoms with Crippen LogP contribution in [0.2, 0.25) is 0 Å². The Kier molecular flexibility index (Phi) is 2.64. The minimum Gasteiger partial charge on any atom is -0.367 e. The van der Waals surface area contributed by atoms with Gasteiger partial charge < -0.3 is 5.73 Å². The number of aromatic nitrogens is 3. The van der Waals surface area contributed by atoms with Gasteiger partial charge in [-0.15, -0.1) is 0 Å². The smallest absolute Gasteiger partial charge is 0.232 e. The third kappa shape index (κ3) is 2.12. The summed E-state index contributed by atoms with van der Waals surface area (Å²) >= 11 is 1.27. The number of nitrogen functional groups attached to an aromatic ring is 1. The highest BCUT2D eigenvalue weighted by Crippen LogP contribution is 2.21. The van der Waals surface area contributed by atoms with Crippen LogP contribution in [0.3, 0.4) is 0 Å². The molecule has 15 heavy (non-hydrogen) atoms. The van der Waals surface area contributed by atoms with E-state index in [1.165, 1.54) is 17.1 Å². The Morgan fingerprint density at radius 1 is 1.33 bits per heavy atom. The second-order valence-electron chi connectivity index (χ2n) is 3.59. The molecule has 0 aromatic carbocycles. The summed E-state index contributed by atoms with van der Waals surface area (Å²) in [6.07, 6.45) is 1.87. The summed E-state index contributed by atoms with van der Waals surface area (Å²) in [5.41, 5.74) is 7.50. The summed E-state index contributed by atoms with van der Waals surface area (Å²) in [5.74, 6) is 0.802. The lowest BCUT2D eigenvalue weighted by atomic mass is 10.1. The summed E-state index contributed by atoms with van der Waals surface area (Å²) in [6, 6.07) is 4.01. The van der Waals surface area contributed by atoms with Gasteiger partial charge in [0, 0.05) is 6.20 Å². The minimum absolute atomic E-state index is 0.310. The standard InChI is InChI=1S/C10H12N4S/c1-6(2)7-3-4-8(12-5-7)9-13-10(11)14-15-9/h3-6H,1-2H3,(H2,11,14). The molecule has 78 valence electrons. The molecular formula is C10H12N4S. The fraction of sp³-hybridized carbons (Fsp3) is 0.300. The molecule has 0 amide bonds. The molecule has 2 heterocycles. The van der Waals surface area contributed by atoms with Crippen molar-refractivity contribution in [1.29, 1.82) is 0 Å². The van der Waals surface area contributed by atoms with E-state index in [2.05, 4.69) is 34.3 Å². The van der Waals surface area contributed by atoms with Crippen LogP contribution in [0.4, 0.5) is 5.95 Å². The maximum Gasteiger partial charge on any atom is 0.232 e. The second kappa shape index (κ2) is 3.94. The first-order chi connectivity index (χ1) is 7.16. The Labute approximate surface area is 92.4 Å². The molecule has 0 radical (unpaired) electrons. The molecule has 0 fully saturated rings. The van der Waals surface area contributed by atoms with E-state index >= 15 is 0 Å². The Morgan fingerprint density at radius 2 is 2.13 bits per heavy atom. The van der Waals surface area contributed by atoms with Crippen LogP contribution in [0.5, 0.6) is 0 Å². The maximum atomic E-state index is 5.45. The molecular weight excluding hydrogens is 208 g/mol. The molecule has 2 N–H and O–H groups in total. The van der Waals surface area contributed by atoms with E-state index in [0.717, 1.165) is 10.7 Å². The van der Waals surface area contributed by atoms with Gasteiger partial charge in [-0.2, -0.15) is 9.36 Å². The van der Waals surface area contributed by atoms with Crippen LogP contribution in [0.15, 0.2) is 18.3 Å². The van der Waals surface area contributed by atoms with Crippen molar-refractivity contribution in [1.82, 2.24) is 14.3 Å². The van der Waals surface area contributed by atoms with Crippen LogP contribution >= 0.6 is 11.5 Å². The van der Waals surface area contributed by atoms with Crippen molar-refractivity contribution in [3.63, 3.8) is 0 Å². The molecule has 0 spiro atoms. The highest BCUT2D eigenvalue weighted by atomic mass is 32.1. The van der Waals surface area contributed by atoms with Crippen molar-refractivity contribution in [3.05, 3.63) is 23.9 Å². The van der Waals surface area contributed by atoms with Crippen molar-refractivity contribution in [2.75, 3.05) is 5.73 Å². The Morgan fingerprint density at radius 3 is 2.60 bits per heavy atom. The molecule has 2 rings (SSSR count). The van der Waals surface area contributed by atoms with Gasteiger partial charge in [-0.1, -0.05) is 19.9 Å². The Balaban J connectivity index is 2.31. The average molecular weight is 220 g/mol. The van der Waals surface area contributed by atoms with Gasteiger partial charge in [-0.25, -0.2) is 0 Å². The van der Waals surface area contributed by atoms with Gasteiger partial charge in [0.15, 0.2) is 5.01 Å². The van der Waals surface area contributed by atoms with E-state index in [0.29, 0.717) is 11.9 Å². The van der Waals surface area contributed by atoms with Crippen molar-refractivity contribution in [2.24, 2.45) is 0 Å². The van der Waals surface area contributed by atoms with Gasteiger partial charge in [-0.05, 0) is 29.1 Å². The molecule has 0 unspecified atom stereocenters. The lowest BCUT2D eigenvalue weighted by Gasteiger charge is -2.03. The fourth-order valence-electron chi connectivity index (χ4n) is 1.21. The van der Waals surface area contributed by atoms with Gasteiger partial charge >= 0.3 is 0 Å². The number of hydrogen-bond donors (Lipinski definition) is 1. The number of anilines is 1. The average Bonchev–Trinajstić information content (AvgIpc) is 2.65. The van der Waals surface area contributed by atoms with Gasteiger partial charge in [0.1, 0.15) is 5.69 Å². The zero-order chi connectivity index (χ0) is 10.8. The first-order valence-corrected chi connectivity index (χ1v) is 5.49. The molecule has 0 atom stereocenters. The van der Waals surface area contributed by atoms with Crippen LogP contribution in [0.25, 0.3) is 10.7 Å². The van der Waals surface area contributed by atoms with Gasteiger partial charge in [0.05, 0.1) is 0 Å². The number of rotatable bonds is 2. The second-order valence-corrected chi connectivity index (χ2v) is 4.34. The predicted octanol–water partition coefficient (Wildman–Crippen LogP) is 2.31. The molecule has 5 heteroatoms. The molecule has 0 aliphatic rings. The minimum atomic E-state index is 0.310. The quantitative estimate of drug-likeness (QED) is 0.843. The normalized spacial score (nSPS) is 10.9. The monoisotopic (exact) mass is 220 g/mol. The number of nitrogens with two attached hydrogens (primary N) is 1. The molecule has 0 saturated heterocycles. The molecule has 0 aliphatic carbocycles. The molecule has 0 saturated carbocycles. The van der Waals surface area contributed by atoms with Crippen LogP contribution < -0.4 is 5.73 Å². The zero-order valence-electron chi connectivity index (χ0n) is 8.64. The molecule has 4 nitrogen and oxygen atoms in total. The lowest BCUT2D eigenvalue weighted by Crippen LogP contribution is -1.90. The highest BCUT2D eigenvalue weighted by molar-refractivity contribution is 7.09. The third-order valence-corrected chi connectivity index (χ3v) is 2.87. The van der Waals surface area contributed by atoms with Gasteiger partial charge in [-0.3, -0.25) is 4.98 Å². The van der Waals surface area contributed by atoms with Gasteiger partial charge in [0.25, 0.3) is 0 Å². The summed E-state index contributed by atoms with van der Waals surface area (Å²) in [4.78, 5) is 8.41. The van der Waals surface area contributed by atoms with Crippen LogP contribution in [0, 0.1) is 0 Å². The fourth-order valence-corrected chi connectivity index (χ4v) is 1.78. The van der Waals surface area contributed by atoms with Crippen LogP contribution in [0.1, 0.15) is 25.3 Å². The van der Waals surface area contributed by atoms with E-state index in [1.807, 2.05) is 12.3 Å². The van der Waals surface area contributed by atoms with Crippen molar-refractivity contribution >= 4 is 17.5 Å². The van der Waals surface area contributed by atoms with E-state index in [9.17, 15) is 0 Å². The summed E-state index contributed by atoms with van der Waals surface area (Å²) < 4.78 is 3.92. The Hall–Kier alpha value is -1.49. The van der Waals surface area contributed by atoms with Gasteiger partial charge in [0.2, 0.25) is 5.95 Å². The first kappa shape index (κ1) is 10.0. The van der Waals surface area contributed by atoms with E-state index < -0.39 is 0 Å². The maximum absolute atomic E-state index is 5.45. The molecule has 0 bridgehead atoms. The van der Waals surface area contributed by atoms with Crippen molar-refractivity contribution < 1.29 is 0 Å².